The van der Waals surface area contributed by atoms with Crippen LogP contribution in [0.5, 0.6) is 5.75 Å². The zero-order valence-electron chi connectivity index (χ0n) is 10.5. The fourth-order valence-electron chi connectivity index (χ4n) is 1.38. The van der Waals surface area contributed by atoms with Crippen LogP contribution in [0.25, 0.3) is 0 Å². The molecule has 1 aromatic carbocycles. The lowest BCUT2D eigenvalue weighted by molar-refractivity contribution is -0.128. The van der Waals surface area contributed by atoms with Gasteiger partial charge < -0.3 is 15.2 Å². The molecule has 18 heavy (non-hydrogen) atoms. The molecule has 2 unspecified atom stereocenters. The van der Waals surface area contributed by atoms with Crippen molar-refractivity contribution in [3.05, 3.63) is 30.1 Å². The summed E-state index contributed by atoms with van der Waals surface area (Å²) in [7, 11) is 0. The monoisotopic (exact) mass is 255 g/mol. The van der Waals surface area contributed by atoms with Gasteiger partial charge >= 0.3 is 0 Å². The minimum Gasteiger partial charge on any atom is -0.478 e. The molecule has 4 nitrogen and oxygen atoms in total. The Bertz CT molecular complexity index is 394. The number of carbonyl (C=O) groups excluding carboxylic acids is 1. The predicted octanol–water partition coefficient (Wildman–Crippen LogP) is 1.48. The standard InChI is InChI=1S/C13H18FNO3/c1-3-10(8-16)15-13(17)9(2)18-12-7-5-4-6-11(12)14/h4-7,9-10,16H,3,8H2,1-2H3,(H,15,17). The molecule has 0 bridgehead atoms. The highest BCUT2D eigenvalue weighted by atomic mass is 19.1. The normalized spacial score (nSPS) is 13.8. The predicted molar refractivity (Wildman–Crippen MR) is 65.8 cm³/mol. The molecule has 0 heterocycles. The Kier molecular flexibility index (Phi) is 5.58. The first-order valence-corrected chi connectivity index (χ1v) is 5.90. The molecule has 0 fully saturated rings. The number of benzene rings is 1. The zero-order valence-corrected chi connectivity index (χ0v) is 10.5. The number of amides is 1. The molecule has 0 saturated heterocycles. The SMILES string of the molecule is CCC(CO)NC(=O)C(C)Oc1ccccc1F. The van der Waals surface area contributed by atoms with Crippen molar-refractivity contribution >= 4 is 5.91 Å². The average Bonchev–Trinajstić information content (AvgIpc) is 2.38. The lowest BCUT2D eigenvalue weighted by Crippen LogP contribution is -2.43. The highest BCUT2D eigenvalue weighted by Crippen LogP contribution is 2.17. The number of aliphatic hydroxyl groups is 1. The van der Waals surface area contributed by atoms with Crippen LogP contribution in [0.3, 0.4) is 0 Å². The molecule has 5 heteroatoms. The van der Waals surface area contributed by atoms with Crippen molar-refractivity contribution in [2.24, 2.45) is 0 Å². The van der Waals surface area contributed by atoms with Crippen LogP contribution < -0.4 is 10.1 Å². The van der Waals surface area contributed by atoms with E-state index in [2.05, 4.69) is 5.32 Å². The number of rotatable bonds is 6. The molecular formula is C13H18FNO3. The summed E-state index contributed by atoms with van der Waals surface area (Å²) >= 11 is 0. The smallest absolute Gasteiger partial charge is 0.261 e. The van der Waals surface area contributed by atoms with E-state index < -0.39 is 11.9 Å². The van der Waals surface area contributed by atoms with Gasteiger partial charge in [0.1, 0.15) is 0 Å². The number of hydrogen-bond donors (Lipinski definition) is 2. The van der Waals surface area contributed by atoms with Gasteiger partial charge in [-0.15, -0.1) is 0 Å². The maximum absolute atomic E-state index is 13.3. The summed E-state index contributed by atoms with van der Waals surface area (Å²) in [5, 5.41) is 11.6. The van der Waals surface area contributed by atoms with Gasteiger partial charge in [-0.05, 0) is 25.5 Å². The maximum Gasteiger partial charge on any atom is 0.261 e. The fraction of sp³-hybridized carbons (Fsp3) is 0.462. The maximum atomic E-state index is 13.3. The van der Waals surface area contributed by atoms with Crippen molar-refractivity contribution < 1.29 is 19.0 Å². The Labute approximate surface area is 106 Å². The van der Waals surface area contributed by atoms with E-state index in [1.807, 2.05) is 6.92 Å². The highest BCUT2D eigenvalue weighted by Gasteiger charge is 2.18. The topological polar surface area (TPSA) is 58.6 Å². The van der Waals surface area contributed by atoms with E-state index in [4.69, 9.17) is 9.84 Å². The van der Waals surface area contributed by atoms with Gasteiger partial charge in [0, 0.05) is 0 Å². The van der Waals surface area contributed by atoms with E-state index in [1.165, 1.54) is 19.1 Å². The van der Waals surface area contributed by atoms with Gasteiger partial charge in [-0.2, -0.15) is 0 Å². The Balaban J connectivity index is 2.57. The van der Waals surface area contributed by atoms with Gasteiger partial charge in [-0.25, -0.2) is 4.39 Å². The van der Waals surface area contributed by atoms with Crippen LogP contribution >= 0.6 is 0 Å². The van der Waals surface area contributed by atoms with Crippen molar-refractivity contribution in [3.8, 4) is 5.75 Å². The number of nitrogens with one attached hydrogen (secondary N) is 1. The van der Waals surface area contributed by atoms with Crippen LogP contribution in [0.15, 0.2) is 24.3 Å². The van der Waals surface area contributed by atoms with E-state index in [0.717, 1.165) is 0 Å². The number of carbonyl (C=O) groups is 1. The average molecular weight is 255 g/mol. The van der Waals surface area contributed by atoms with Crippen LogP contribution in [0.4, 0.5) is 4.39 Å². The summed E-state index contributed by atoms with van der Waals surface area (Å²) in [6.45, 7) is 3.25. The Morgan fingerprint density at radius 2 is 2.17 bits per heavy atom. The third-order valence-electron chi connectivity index (χ3n) is 2.57. The van der Waals surface area contributed by atoms with Crippen molar-refractivity contribution in [2.45, 2.75) is 32.4 Å². The molecule has 2 N–H and O–H groups in total. The molecule has 0 aromatic heterocycles. The van der Waals surface area contributed by atoms with Crippen LogP contribution in [0.2, 0.25) is 0 Å². The quantitative estimate of drug-likeness (QED) is 0.809. The van der Waals surface area contributed by atoms with E-state index in [-0.39, 0.29) is 24.3 Å². The first-order valence-electron chi connectivity index (χ1n) is 5.90. The molecular weight excluding hydrogens is 237 g/mol. The van der Waals surface area contributed by atoms with Crippen LogP contribution in [-0.2, 0) is 4.79 Å². The number of para-hydroxylation sites is 1. The number of halogens is 1. The molecule has 2 atom stereocenters. The molecule has 0 radical (unpaired) electrons. The number of ether oxygens (including phenoxy) is 1. The molecule has 0 aliphatic rings. The molecule has 0 saturated carbocycles. The summed E-state index contributed by atoms with van der Waals surface area (Å²) in [6, 6.07) is 5.60. The highest BCUT2D eigenvalue weighted by molar-refractivity contribution is 5.81. The molecule has 1 rings (SSSR count). The van der Waals surface area contributed by atoms with Crippen molar-refractivity contribution in [2.75, 3.05) is 6.61 Å². The molecule has 0 aliphatic carbocycles. The van der Waals surface area contributed by atoms with Gasteiger partial charge in [-0.3, -0.25) is 4.79 Å². The lowest BCUT2D eigenvalue weighted by atomic mass is 10.2. The first-order chi connectivity index (χ1) is 8.58. The summed E-state index contributed by atoms with van der Waals surface area (Å²) in [4.78, 5) is 11.7. The Morgan fingerprint density at radius 3 is 2.72 bits per heavy atom. The molecule has 100 valence electrons. The van der Waals surface area contributed by atoms with E-state index in [1.54, 1.807) is 12.1 Å². The van der Waals surface area contributed by atoms with Crippen molar-refractivity contribution in [1.29, 1.82) is 0 Å². The van der Waals surface area contributed by atoms with Gasteiger partial charge in [0.15, 0.2) is 17.7 Å². The fourth-order valence-corrected chi connectivity index (χ4v) is 1.38. The third-order valence-corrected chi connectivity index (χ3v) is 2.57. The molecule has 0 aliphatic heterocycles. The van der Waals surface area contributed by atoms with Crippen LogP contribution in [0.1, 0.15) is 20.3 Å². The van der Waals surface area contributed by atoms with E-state index >= 15 is 0 Å². The first kappa shape index (κ1) is 14.4. The second-order valence-electron chi connectivity index (χ2n) is 3.99. The summed E-state index contributed by atoms with van der Waals surface area (Å²) in [5.41, 5.74) is 0. The van der Waals surface area contributed by atoms with Gasteiger partial charge in [0.2, 0.25) is 0 Å². The van der Waals surface area contributed by atoms with Crippen LogP contribution in [0, 0.1) is 5.82 Å². The molecule has 1 amide bonds. The number of hydrogen-bond acceptors (Lipinski definition) is 3. The summed E-state index contributed by atoms with van der Waals surface area (Å²) in [5.74, 6) is -0.845. The summed E-state index contributed by atoms with van der Waals surface area (Å²) in [6.07, 6.45) is -0.197. The van der Waals surface area contributed by atoms with Crippen molar-refractivity contribution in [3.63, 3.8) is 0 Å². The van der Waals surface area contributed by atoms with Gasteiger partial charge in [-0.1, -0.05) is 19.1 Å². The van der Waals surface area contributed by atoms with Crippen LogP contribution in [-0.4, -0.2) is 29.8 Å². The minimum atomic E-state index is -0.817. The Hall–Kier alpha value is -1.62. The number of aliphatic hydroxyl groups excluding tert-OH is 1. The second kappa shape index (κ2) is 6.96. The lowest BCUT2D eigenvalue weighted by Gasteiger charge is -2.19. The van der Waals surface area contributed by atoms with Gasteiger partial charge in [0.05, 0.1) is 12.6 Å². The van der Waals surface area contributed by atoms with E-state index in [0.29, 0.717) is 6.42 Å². The molecule has 1 aromatic rings. The van der Waals surface area contributed by atoms with Gasteiger partial charge in [0.25, 0.3) is 5.91 Å². The Morgan fingerprint density at radius 1 is 1.50 bits per heavy atom. The minimum absolute atomic E-state index is 0.0391. The third kappa shape index (κ3) is 4.00. The molecule has 0 spiro atoms. The second-order valence-corrected chi connectivity index (χ2v) is 3.99. The largest absolute Gasteiger partial charge is 0.478 e. The zero-order chi connectivity index (χ0) is 13.5. The van der Waals surface area contributed by atoms with Crippen molar-refractivity contribution in [1.82, 2.24) is 5.32 Å². The summed E-state index contributed by atoms with van der Waals surface area (Å²) < 4.78 is 18.5. The van der Waals surface area contributed by atoms with E-state index in [9.17, 15) is 9.18 Å².